The second kappa shape index (κ2) is 6.67. The number of rotatable bonds is 4. The Morgan fingerprint density at radius 1 is 1.48 bits per heavy atom. The molecule has 0 aromatic heterocycles. The smallest absolute Gasteiger partial charge is 0.306 e. The molecule has 0 bridgehead atoms. The van der Waals surface area contributed by atoms with E-state index in [1.54, 1.807) is 6.07 Å². The Hall–Kier alpha value is -1.95. The van der Waals surface area contributed by atoms with Crippen LogP contribution in [-0.2, 0) is 9.59 Å². The number of nitrogens with one attached hydrogen (secondary N) is 1. The number of benzene rings is 1. The van der Waals surface area contributed by atoms with E-state index in [1.165, 1.54) is 18.2 Å². The van der Waals surface area contributed by atoms with Gasteiger partial charge in [0.15, 0.2) is 0 Å². The molecule has 0 spiro atoms. The standard InChI is InChI=1S/C15H19FN2O3/c1-10-7-11(15(20)21)5-6-18(10)9-14(19)17-13-4-2-3-12(16)8-13/h2-4,8,10-11H,5-7,9H2,1H3,(H,17,19)(H,20,21). The SMILES string of the molecule is CC1CC(C(=O)O)CCN1CC(=O)Nc1cccc(F)c1. The van der Waals surface area contributed by atoms with E-state index < -0.39 is 11.8 Å². The molecule has 0 radical (unpaired) electrons. The number of carbonyl (C=O) groups excluding carboxylic acids is 1. The summed E-state index contributed by atoms with van der Waals surface area (Å²) >= 11 is 0. The van der Waals surface area contributed by atoms with E-state index in [0.29, 0.717) is 25.1 Å². The van der Waals surface area contributed by atoms with E-state index >= 15 is 0 Å². The van der Waals surface area contributed by atoms with Gasteiger partial charge in [0.2, 0.25) is 5.91 Å². The van der Waals surface area contributed by atoms with Gasteiger partial charge in [-0.05, 0) is 44.5 Å². The van der Waals surface area contributed by atoms with Crippen molar-refractivity contribution < 1.29 is 19.1 Å². The molecule has 1 aromatic carbocycles. The minimum atomic E-state index is -0.772. The zero-order valence-electron chi connectivity index (χ0n) is 11.9. The number of aliphatic carboxylic acids is 1. The van der Waals surface area contributed by atoms with Crippen LogP contribution >= 0.6 is 0 Å². The van der Waals surface area contributed by atoms with Crippen LogP contribution in [0, 0.1) is 11.7 Å². The van der Waals surface area contributed by atoms with Crippen LogP contribution in [0.5, 0.6) is 0 Å². The summed E-state index contributed by atoms with van der Waals surface area (Å²) in [5.74, 6) is -1.72. The summed E-state index contributed by atoms with van der Waals surface area (Å²) in [5, 5.41) is 11.7. The van der Waals surface area contributed by atoms with Crippen LogP contribution in [0.2, 0.25) is 0 Å². The third-order valence-electron chi connectivity index (χ3n) is 3.82. The molecule has 2 atom stereocenters. The van der Waals surface area contributed by atoms with Crippen molar-refractivity contribution in [2.24, 2.45) is 5.92 Å². The summed E-state index contributed by atoms with van der Waals surface area (Å²) in [4.78, 5) is 24.9. The zero-order chi connectivity index (χ0) is 15.4. The fourth-order valence-corrected chi connectivity index (χ4v) is 2.63. The number of halogens is 1. The lowest BCUT2D eigenvalue weighted by Gasteiger charge is -2.35. The Morgan fingerprint density at radius 3 is 2.86 bits per heavy atom. The van der Waals surface area contributed by atoms with Gasteiger partial charge in [0.05, 0.1) is 12.5 Å². The van der Waals surface area contributed by atoms with E-state index in [4.69, 9.17) is 5.11 Å². The fraction of sp³-hybridized carbons (Fsp3) is 0.467. The number of carboxylic acid groups (broad SMARTS) is 1. The highest BCUT2D eigenvalue weighted by Crippen LogP contribution is 2.22. The Morgan fingerprint density at radius 2 is 2.24 bits per heavy atom. The minimum absolute atomic E-state index is 0.0399. The van der Waals surface area contributed by atoms with Gasteiger partial charge in [-0.15, -0.1) is 0 Å². The maximum Gasteiger partial charge on any atom is 0.306 e. The predicted molar refractivity (Wildman–Crippen MR) is 76.4 cm³/mol. The van der Waals surface area contributed by atoms with Crippen LogP contribution in [-0.4, -0.2) is 41.0 Å². The second-order valence-electron chi connectivity index (χ2n) is 5.44. The molecule has 5 nitrogen and oxygen atoms in total. The van der Waals surface area contributed by atoms with E-state index in [-0.39, 0.29) is 24.4 Å². The zero-order valence-corrected chi connectivity index (χ0v) is 11.9. The highest BCUT2D eigenvalue weighted by atomic mass is 19.1. The van der Waals surface area contributed by atoms with E-state index in [2.05, 4.69) is 5.32 Å². The third-order valence-corrected chi connectivity index (χ3v) is 3.82. The number of carboxylic acids is 1. The van der Waals surface area contributed by atoms with Crippen LogP contribution < -0.4 is 5.32 Å². The van der Waals surface area contributed by atoms with Gasteiger partial charge in [0.25, 0.3) is 0 Å². The van der Waals surface area contributed by atoms with Gasteiger partial charge in [-0.2, -0.15) is 0 Å². The normalized spacial score (nSPS) is 22.8. The van der Waals surface area contributed by atoms with Crippen LogP contribution in [0.3, 0.4) is 0 Å². The van der Waals surface area contributed by atoms with E-state index in [9.17, 15) is 14.0 Å². The Bertz CT molecular complexity index is 535. The molecular weight excluding hydrogens is 275 g/mol. The summed E-state index contributed by atoms with van der Waals surface area (Å²) in [6, 6.07) is 5.78. The first kappa shape index (κ1) is 15.4. The fourth-order valence-electron chi connectivity index (χ4n) is 2.63. The molecule has 1 aliphatic rings. The van der Waals surface area contributed by atoms with Gasteiger partial charge < -0.3 is 10.4 Å². The number of anilines is 1. The van der Waals surface area contributed by atoms with Gasteiger partial charge >= 0.3 is 5.97 Å². The number of likely N-dealkylation sites (tertiary alicyclic amines) is 1. The largest absolute Gasteiger partial charge is 0.481 e. The molecule has 2 N–H and O–H groups in total. The predicted octanol–water partition coefficient (Wildman–Crippen LogP) is 1.95. The van der Waals surface area contributed by atoms with E-state index in [0.717, 1.165) is 0 Å². The average Bonchev–Trinajstić information content (AvgIpc) is 2.40. The number of carbonyl (C=O) groups is 2. The molecule has 114 valence electrons. The first-order valence-electron chi connectivity index (χ1n) is 6.98. The maximum atomic E-state index is 13.0. The van der Waals surface area contributed by atoms with Crippen LogP contribution in [0.1, 0.15) is 19.8 Å². The molecular formula is C15H19FN2O3. The molecule has 1 fully saturated rings. The van der Waals surface area contributed by atoms with Gasteiger partial charge in [-0.1, -0.05) is 6.07 Å². The van der Waals surface area contributed by atoms with Crippen molar-refractivity contribution >= 4 is 17.6 Å². The van der Waals surface area contributed by atoms with Crippen molar-refractivity contribution in [1.29, 1.82) is 0 Å². The van der Waals surface area contributed by atoms with Crippen molar-refractivity contribution in [3.05, 3.63) is 30.1 Å². The maximum absolute atomic E-state index is 13.0. The summed E-state index contributed by atoms with van der Waals surface area (Å²) in [6.07, 6.45) is 1.09. The van der Waals surface area contributed by atoms with Crippen molar-refractivity contribution in [2.75, 3.05) is 18.4 Å². The molecule has 0 saturated carbocycles. The topological polar surface area (TPSA) is 69.6 Å². The Kier molecular flexibility index (Phi) is 4.90. The van der Waals surface area contributed by atoms with Gasteiger partial charge in [-0.3, -0.25) is 14.5 Å². The van der Waals surface area contributed by atoms with Crippen LogP contribution in [0.4, 0.5) is 10.1 Å². The number of hydrogen-bond donors (Lipinski definition) is 2. The minimum Gasteiger partial charge on any atom is -0.481 e. The Labute approximate surface area is 122 Å². The molecule has 1 heterocycles. The summed E-state index contributed by atoms with van der Waals surface area (Å²) in [6.45, 7) is 2.68. The molecule has 2 rings (SSSR count). The lowest BCUT2D eigenvalue weighted by molar-refractivity contribution is -0.144. The molecule has 21 heavy (non-hydrogen) atoms. The van der Waals surface area contributed by atoms with Crippen molar-refractivity contribution in [3.63, 3.8) is 0 Å². The number of nitrogens with zero attached hydrogens (tertiary/aromatic N) is 1. The van der Waals surface area contributed by atoms with Gasteiger partial charge in [0, 0.05) is 11.7 Å². The lowest BCUT2D eigenvalue weighted by atomic mass is 9.92. The molecule has 6 heteroatoms. The first-order chi connectivity index (χ1) is 9.95. The van der Waals surface area contributed by atoms with Crippen LogP contribution in [0.15, 0.2) is 24.3 Å². The monoisotopic (exact) mass is 294 g/mol. The van der Waals surface area contributed by atoms with Gasteiger partial charge in [-0.25, -0.2) is 4.39 Å². The molecule has 1 aliphatic heterocycles. The molecule has 0 aliphatic carbocycles. The molecule has 2 unspecified atom stereocenters. The summed E-state index contributed by atoms with van der Waals surface area (Å²) in [7, 11) is 0. The van der Waals surface area contributed by atoms with Crippen molar-refractivity contribution in [2.45, 2.75) is 25.8 Å². The molecule has 1 aromatic rings. The quantitative estimate of drug-likeness (QED) is 0.890. The number of hydrogen-bond acceptors (Lipinski definition) is 3. The number of amides is 1. The molecule has 1 saturated heterocycles. The third kappa shape index (κ3) is 4.26. The lowest BCUT2D eigenvalue weighted by Crippen LogP contribution is -2.46. The van der Waals surface area contributed by atoms with Crippen LogP contribution in [0.25, 0.3) is 0 Å². The molecule has 1 amide bonds. The second-order valence-corrected chi connectivity index (χ2v) is 5.44. The first-order valence-corrected chi connectivity index (χ1v) is 6.98. The van der Waals surface area contributed by atoms with Gasteiger partial charge in [0.1, 0.15) is 5.82 Å². The highest BCUT2D eigenvalue weighted by molar-refractivity contribution is 5.92. The highest BCUT2D eigenvalue weighted by Gasteiger charge is 2.30. The van der Waals surface area contributed by atoms with Crippen molar-refractivity contribution in [3.8, 4) is 0 Å². The number of piperidine rings is 1. The average molecular weight is 294 g/mol. The summed E-state index contributed by atoms with van der Waals surface area (Å²) < 4.78 is 13.0. The van der Waals surface area contributed by atoms with E-state index in [1.807, 2.05) is 11.8 Å². The summed E-state index contributed by atoms with van der Waals surface area (Å²) in [5.41, 5.74) is 0.424. The Balaban J connectivity index is 1.87. The van der Waals surface area contributed by atoms with Crippen molar-refractivity contribution in [1.82, 2.24) is 4.90 Å².